The first-order valence-corrected chi connectivity index (χ1v) is 16.4. The topological polar surface area (TPSA) is 124 Å². The molecule has 0 aromatic heterocycles. The van der Waals surface area contributed by atoms with Crippen molar-refractivity contribution in [1.29, 1.82) is 0 Å². The summed E-state index contributed by atoms with van der Waals surface area (Å²) in [4.78, 5) is 12.4. The molecule has 0 aromatic rings. The Labute approximate surface area is 232 Å². The molecule has 3 atom stereocenters. The molecule has 3 unspecified atom stereocenters. The monoisotopic (exact) mass is 557 g/mol. The maximum Gasteiger partial charge on any atom is 0.267 e. The van der Waals surface area contributed by atoms with E-state index in [0.717, 1.165) is 51.4 Å². The van der Waals surface area contributed by atoms with Gasteiger partial charge in [0.05, 0.1) is 17.9 Å². The molecule has 0 saturated heterocycles. The van der Waals surface area contributed by atoms with Gasteiger partial charge in [0, 0.05) is 0 Å². The average molecular weight is 558 g/mol. The van der Waals surface area contributed by atoms with Crippen LogP contribution in [-0.2, 0) is 14.9 Å². The van der Waals surface area contributed by atoms with E-state index in [1.807, 2.05) is 0 Å². The van der Waals surface area contributed by atoms with Gasteiger partial charge in [-0.25, -0.2) is 0 Å². The molecule has 0 radical (unpaired) electrons. The lowest BCUT2D eigenvalue weighted by Gasteiger charge is -2.22. The molecule has 0 fully saturated rings. The Hall–Kier alpha value is -1.48. The highest BCUT2D eigenvalue weighted by Crippen LogP contribution is 2.12. The molecule has 0 spiro atoms. The SMILES string of the molecule is CCC/C=C/CC/C=C/CC/C=C/C(O)C(CS(=O)(=O)O)NC(=O)C(O)CCCCCCCCCCCC. The minimum absolute atomic E-state index is 0.271. The summed E-state index contributed by atoms with van der Waals surface area (Å²) < 4.78 is 32.1. The van der Waals surface area contributed by atoms with E-state index in [1.165, 1.54) is 44.6 Å². The maximum absolute atomic E-state index is 12.4. The molecule has 0 aliphatic carbocycles. The fourth-order valence-corrected chi connectivity index (χ4v) is 4.81. The smallest absolute Gasteiger partial charge is 0.267 e. The predicted molar refractivity (Wildman–Crippen MR) is 158 cm³/mol. The van der Waals surface area contributed by atoms with Crippen molar-refractivity contribution >= 4 is 16.0 Å². The van der Waals surface area contributed by atoms with Crippen LogP contribution in [0.15, 0.2) is 36.5 Å². The second-order valence-electron chi connectivity index (χ2n) is 10.2. The molecule has 8 heteroatoms. The Kier molecular flexibility index (Phi) is 23.6. The zero-order valence-electron chi connectivity index (χ0n) is 23.9. The molecule has 222 valence electrons. The van der Waals surface area contributed by atoms with Crippen LogP contribution in [0.4, 0.5) is 0 Å². The van der Waals surface area contributed by atoms with E-state index in [0.29, 0.717) is 12.8 Å². The van der Waals surface area contributed by atoms with E-state index >= 15 is 0 Å². The Bertz CT molecular complexity index is 763. The van der Waals surface area contributed by atoms with Gasteiger partial charge in [-0.15, -0.1) is 0 Å². The first-order valence-electron chi connectivity index (χ1n) is 14.8. The van der Waals surface area contributed by atoms with Gasteiger partial charge in [0.2, 0.25) is 5.91 Å². The number of carbonyl (C=O) groups is 1. The Balaban J connectivity index is 4.37. The fraction of sp³-hybridized carbons (Fsp3) is 0.767. The van der Waals surface area contributed by atoms with E-state index < -0.39 is 40.0 Å². The van der Waals surface area contributed by atoms with Gasteiger partial charge in [0.25, 0.3) is 10.1 Å². The van der Waals surface area contributed by atoms with Crippen LogP contribution in [0.25, 0.3) is 0 Å². The summed E-state index contributed by atoms with van der Waals surface area (Å²) in [6, 6.07) is -1.25. The van der Waals surface area contributed by atoms with Gasteiger partial charge in [0.15, 0.2) is 0 Å². The van der Waals surface area contributed by atoms with Crippen molar-refractivity contribution in [1.82, 2.24) is 5.32 Å². The third-order valence-electron chi connectivity index (χ3n) is 6.39. The summed E-state index contributed by atoms with van der Waals surface area (Å²) >= 11 is 0. The van der Waals surface area contributed by atoms with E-state index in [2.05, 4.69) is 43.5 Å². The molecular formula is C30H55NO6S. The van der Waals surface area contributed by atoms with Crippen LogP contribution in [0.5, 0.6) is 0 Å². The van der Waals surface area contributed by atoms with Crippen molar-refractivity contribution in [2.75, 3.05) is 5.75 Å². The van der Waals surface area contributed by atoms with E-state index in [-0.39, 0.29) is 6.42 Å². The van der Waals surface area contributed by atoms with Crippen molar-refractivity contribution < 1.29 is 28.0 Å². The average Bonchev–Trinajstić information content (AvgIpc) is 2.86. The number of amides is 1. The summed E-state index contributed by atoms with van der Waals surface area (Å²) in [6.07, 6.45) is 26.4. The number of allylic oxidation sites excluding steroid dienone is 5. The summed E-state index contributed by atoms with van der Waals surface area (Å²) in [5.74, 6) is -1.57. The fourth-order valence-electron chi connectivity index (χ4n) is 4.08. The van der Waals surface area contributed by atoms with E-state index in [9.17, 15) is 28.0 Å². The molecule has 4 N–H and O–H groups in total. The highest BCUT2D eigenvalue weighted by molar-refractivity contribution is 7.85. The van der Waals surface area contributed by atoms with Gasteiger partial charge in [-0.1, -0.05) is 121 Å². The molecule has 0 saturated carbocycles. The molecule has 1 amide bonds. The Morgan fingerprint density at radius 3 is 1.68 bits per heavy atom. The molecule has 0 rings (SSSR count). The number of aliphatic hydroxyl groups excluding tert-OH is 2. The first-order chi connectivity index (χ1) is 18.2. The number of carbonyl (C=O) groups excluding carboxylic acids is 1. The first kappa shape index (κ1) is 36.5. The van der Waals surface area contributed by atoms with Gasteiger partial charge in [-0.3, -0.25) is 9.35 Å². The molecule has 7 nitrogen and oxygen atoms in total. The van der Waals surface area contributed by atoms with Crippen LogP contribution >= 0.6 is 0 Å². The van der Waals surface area contributed by atoms with Gasteiger partial charge in [0.1, 0.15) is 6.10 Å². The molecule has 0 heterocycles. The van der Waals surface area contributed by atoms with Gasteiger partial charge < -0.3 is 15.5 Å². The van der Waals surface area contributed by atoms with Crippen LogP contribution in [-0.4, -0.2) is 53.1 Å². The van der Waals surface area contributed by atoms with E-state index in [1.54, 1.807) is 6.08 Å². The molecular weight excluding hydrogens is 502 g/mol. The number of nitrogens with one attached hydrogen (secondary N) is 1. The van der Waals surface area contributed by atoms with Crippen molar-refractivity contribution in [2.45, 2.75) is 141 Å². The Morgan fingerprint density at radius 2 is 1.18 bits per heavy atom. The highest BCUT2D eigenvalue weighted by Gasteiger charge is 2.27. The van der Waals surface area contributed by atoms with Crippen LogP contribution < -0.4 is 5.32 Å². The second kappa shape index (κ2) is 24.6. The largest absolute Gasteiger partial charge is 0.387 e. The van der Waals surface area contributed by atoms with Crippen molar-refractivity contribution in [2.24, 2.45) is 0 Å². The lowest BCUT2D eigenvalue weighted by atomic mass is 10.0. The summed E-state index contributed by atoms with van der Waals surface area (Å²) in [7, 11) is -4.44. The van der Waals surface area contributed by atoms with Crippen molar-refractivity contribution in [3.63, 3.8) is 0 Å². The molecule has 0 aliphatic rings. The zero-order valence-corrected chi connectivity index (χ0v) is 24.7. The quantitative estimate of drug-likeness (QED) is 0.0583. The van der Waals surface area contributed by atoms with Crippen LogP contribution in [0.1, 0.15) is 123 Å². The van der Waals surface area contributed by atoms with Crippen LogP contribution in [0, 0.1) is 0 Å². The van der Waals surface area contributed by atoms with Crippen LogP contribution in [0.2, 0.25) is 0 Å². The summed E-state index contributed by atoms with van der Waals surface area (Å²) in [5, 5.41) is 23.0. The number of hydrogen-bond acceptors (Lipinski definition) is 5. The molecule has 0 aromatic carbocycles. The third kappa shape index (κ3) is 23.6. The number of hydrogen-bond donors (Lipinski definition) is 4. The number of unbranched alkanes of at least 4 members (excludes halogenated alkanes) is 12. The molecule has 38 heavy (non-hydrogen) atoms. The van der Waals surface area contributed by atoms with Crippen molar-refractivity contribution in [3.8, 4) is 0 Å². The minimum Gasteiger partial charge on any atom is -0.387 e. The van der Waals surface area contributed by atoms with Gasteiger partial charge >= 0.3 is 0 Å². The minimum atomic E-state index is -4.44. The normalized spacial score (nSPS) is 15.0. The van der Waals surface area contributed by atoms with E-state index in [4.69, 9.17) is 0 Å². The summed E-state index contributed by atoms with van der Waals surface area (Å²) in [6.45, 7) is 4.36. The lowest BCUT2D eigenvalue weighted by Crippen LogP contribution is -2.50. The second-order valence-corrected chi connectivity index (χ2v) is 11.7. The highest BCUT2D eigenvalue weighted by atomic mass is 32.2. The zero-order chi connectivity index (χ0) is 28.5. The number of rotatable bonds is 25. The van der Waals surface area contributed by atoms with Gasteiger partial charge in [-0.2, -0.15) is 8.42 Å². The lowest BCUT2D eigenvalue weighted by molar-refractivity contribution is -0.130. The number of aliphatic hydroxyl groups is 2. The standard InChI is InChI=1S/C30H55NO6S/c1-3-5-7-9-11-13-15-17-18-20-22-24-28(32)27(26-38(35,36)37)31-30(34)29(33)25-23-21-19-16-14-12-10-8-6-4-2/h7,9,15,17,22,24,27-29,32-33H,3-6,8,10-14,16,18-21,23,25-26H2,1-2H3,(H,31,34)(H,35,36,37)/b9-7+,17-15+,24-22+. The Morgan fingerprint density at radius 1 is 0.711 bits per heavy atom. The maximum atomic E-state index is 12.4. The van der Waals surface area contributed by atoms with Crippen LogP contribution in [0.3, 0.4) is 0 Å². The van der Waals surface area contributed by atoms with Gasteiger partial charge in [-0.05, 0) is 38.5 Å². The van der Waals surface area contributed by atoms with Crippen molar-refractivity contribution in [3.05, 3.63) is 36.5 Å². The third-order valence-corrected chi connectivity index (χ3v) is 7.17. The summed E-state index contributed by atoms with van der Waals surface area (Å²) in [5.41, 5.74) is 0. The predicted octanol–water partition coefficient (Wildman–Crippen LogP) is 6.42. The molecule has 0 bridgehead atoms. The molecule has 0 aliphatic heterocycles.